The number of aryl methyl sites for hydroxylation is 1. The fraction of sp³-hybridized carbons (Fsp3) is 0.312. The Kier molecular flexibility index (Phi) is 3.71. The second-order valence-corrected chi connectivity index (χ2v) is 5.67. The Bertz CT molecular complexity index is 666. The van der Waals surface area contributed by atoms with E-state index in [2.05, 4.69) is 36.8 Å². The summed E-state index contributed by atoms with van der Waals surface area (Å²) in [4.78, 5) is 8.01. The molecular weight excluding hydrogens is 250 g/mol. The van der Waals surface area contributed by atoms with Gasteiger partial charge < -0.3 is 4.74 Å². The van der Waals surface area contributed by atoms with Crippen molar-refractivity contribution in [3.63, 3.8) is 0 Å². The molecule has 1 aromatic heterocycles. The highest BCUT2D eigenvalue weighted by Gasteiger charge is 2.15. The molecule has 0 radical (unpaired) electrons. The van der Waals surface area contributed by atoms with E-state index in [9.17, 15) is 0 Å². The second-order valence-electron chi connectivity index (χ2n) is 5.67. The molecule has 0 unspecified atom stereocenters. The van der Waals surface area contributed by atoms with Crippen LogP contribution in [0.2, 0.25) is 0 Å². The number of hydrogen-bond donors (Lipinski definition) is 0. The van der Waals surface area contributed by atoms with E-state index in [0.717, 1.165) is 5.56 Å². The Morgan fingerprint density at radius 3 is 2.55 bits per heavy atom. The monoisotopic (exact) mass is 267 g/mol. The number of nitrogens with zero attached hydrogens (tertiary/aromatic N) is 3. The lowest BCUT2D eigenvalue weighted by molar-refractivity contribution is 0.437. The smallest absolute Gasteiger partial charge is 0.323 e. The molecule has 0 N–H and O–H groups in total. The van der Waals surface area contributed by atoms with Crippen LogP contribution in [0.5, 0.6) is 11.8 Å². The SMILES string of the molecule is Cc1cc(C(C)(C)C)ccc1Oc1nccc(C#N)n1. The van der Waals surface area contributed by atoms with Crippen molar-refractivity contribution in [2.75, 3.05) is 0 Å². The van der Waals surface area contributed by atoms with Crippen molar-refractivity contribution in [3.8, 4) is 17.8 Å². The van der Waals surface area contributed by atoms with Gasteiger partial charge in [-0.1, -0.05) is 32.9 Å². The molecule has 1 heterocycles. The minimum absolute atomic E-state index is 0.0977. The summed E-state index contributed by atoms with van der Waals surface area (Å²) in [5.41, 5.74) is 2.65. The summed E-state index contributed by atoms with van der Waals surface area (Å²) in [5, 5.41) is 8.81. The van der Waals surface area contributed by atoms with Crippen molar-refractivity contribution in [2.45, 2.75) is 33.1 Å². The number of rotatable bonds is 2. The van der Waals surface area contributed by atoms with Crippen molar-refractivity contribution in [2.24, 2.45) is 0 Å². The van der Waals surface area contributed by atoms with E-state index in [4.69, 9.17) is 10.00 Å². The van der Waals surface area contributed by atoms with Crippen LogP contribution in [0.3, 0.4) is 0 Å². The van der Waals surface area contributed by atoms with Gasteiger partial charge in [-0.25, -0.2) is 4.98 Å². The second kappa shape index (κ2) is 5.30. The normalized spacial score (nSPS) is 10.9. The topological polar surface area (TPSA) is 58.8 Å². The van der Waals surface area contributed by atoms with Crippen LogP contribution in [0.1, 0.15) is 37.6 Å². The van der Waals surface area contributed by atoms with Crippen LogP contribution in [-0.4, -0.2) is 9.97 Å². The first-order valence-corrected chi connectivity index (χ1v) is 6.42. The van der Waals surface area contributed by atoms with Gasteiger partial charge in [0.1, 0.15) is 17.5 Å². The average molecular weight is 267 g/mol. The summed E-state index contributed by atoms with van der Waals surface area (Å²) in [6.07, 6.45) is 1.51. The number of nitriles is 1. The van der Waals surface area contributed by atoms with Gasteiger partial charge in [-0.15, -0.1) is 0 Å². The molecule has 2 rings (SSSR count). The van der Waals surface area contributed by atoms with Crippen LogP contribution in [0.15, 0.2) is 30.5 Å². The Morgan fingerprint density at radius 1 is 1.20 bits per heavy atom. The zero-order valence-electron chi connectivity index (χ0n) is 12.1. The molecule has 2 aromatic rings. The van der Waals surface area contributed by atoms with Gasteiger partial charge in [-0.05, 0) is 35.6 Å². The molecule has 102 valence electrons. The van der Waals surface area contributed by atoms with Crippen LogP contribution >= 0.6 is 0 Å². The van der Waals surface area contributed by atoms with Gasteiger partial charge >= 0.3 is 6.01 Å². The molecule has 0 bridgehead atoms. The lowest BCUT2D eigenvalue weighted by atomic mass is 9.86. The van der Waals surface area contributed by atoms with Crippen LogP contribution < -0.4 is 4.74 Å². The van der Waals surface area contributed by atoms with Gasteiger partial charge in [-0.2, -0.15) is 10.2 Å². The lowest BCUT2D eigenvalue weighted by Crippen LogP contribution is -2.11. The Morgan fingerprint density at radius 2 is 1.95 bits per heavy atom. The molecule has 0 spiro atoms. The van der Waals surface area contributed by atoms with E-state index >= 15 is 0 Å². The fourth-order valence-electron chi connectivity index (χ4n) is 1.78. The third kappa shape index (κ3) is 3.12. The molecule has 4 heteroatoms. The highest BCUT2D eigenvalue weighted by molar-refractivity contribution is 5.40. The zero-order chi connectivity index (χ0) is 14.8. The highest BCUT2D eigenvalue weighted by atomic mass is 16.5. The first-order valence-electron chi connectivity index (χ1n) is 6.42. The van der Waals surface area contributed by atoms with Crippen molar-refractivity contribution >= 4 is 0 Å². The summed E-state index contributed by atoms with van der Waals surface area (Å²) >= 11 is 0. The minimum Gasteiger partial charge on any atom is -0.424 e. The molecule has 0 atom stereocenters. The van der Waals surface area contributed by atoms with E-state index in [1.54, 1.807) is 6.07 Å². The zero-order valence-corrected chi connectivity index (χ0v) is 12.1. The molecule has 20 heavy (non-hydrogen) atoms. The van der Waals surface area contributed by atoms with Gasteiger partial charge in [0.15, 0.2) is 0 Å². The van der Waals surface area contributed by atoms with Gasteiger partial charge in [0.2, 0.25) is 0 Å². The van der Waals surface area contributed by atoms with E-state index in [1.807, 2.05) is 25.1 Å². The highest BCUT2D eigenvalue weighted by Crippen LogP contribution is 2.29. The number of hydrogen-bond acceptors (Lipinski definition) is 4. The third-order valence-corrected chi connectivity index (χ3v) is 2.99. The Hall–Kier alpha value is -2.41. The van der Waals surface area contributed by atoms with Crippen molar-refractivity contribution in [1.82, 2.24) is 9.97 Å². The predicted octanol–water partition coefficient (Wildman–Crippen LogP) is 3.75. The standard InChI is InChI=1S/C16H17N3O/c1-11-9-12(16(2,3)4)5-6-14(11)20-15-18-8-7-13(10-17)19-15/h5-9H,1-4H3. The van der Waals surface area contributed by atoms with E-state index in [-0.39, 0.29) is 11.4 Å². The predicted molar refractivity (Wildman–Crippen MR) is 76.7 cm³/mol. The van der Waals surface area contributed by atoms with Crippen LogP contribution in [-0.2, 0) is 5.41 Å². The fourth-order valence-corrected chi connectivity index (χ4v) is 1.78. The molecular formula is C16H17N3O. The van der Waals surface area contributed by atoms with Crippen LogP contribution in [0, 0.1) is 18.3 Å². The minimum atomic E-state index is 0.0977. The summed E-state index contributed by atoms with van der Waals surface area (Å²) in [5.74, 6) is 0.702. The summed E-state index contributed by atoms with van der Waals surface area (Å²) < 4.78 is 5.65. The molecule has 0 fully saturated rings. The van der Waals surface area contributed by atoms with Crippen LogP contribution in [0.4, 0.5) is 0 Å². The maximum absolute atomic E-state index is 8.81. The average Bonchev–Trinajstić information content (AvgIpc) is 2.40. The number of benzene rings is 1. The van der Waals surface area contributed by atoms with E-state index in [0.29, 0.717) is 11.4 Å². The molecule has 1 aromatic carbocycles. The van der Waals surface area contributed by atoms with Gasteiger partial charge in [0.05, 0.1) is 0 Å². The molecule has 0 aliphatic rings. The summed E-state index contributed by atoms with van der Waals surface area (Å²) in [6, 6.07) is 9.75. The van der Waals surface area contributed by atoms with E-state index in [1.165, 1.54) is 11.8 Å². The maximum Gasteiger partial charge on any atom is 0.323 e. The molecule has 0 amide bonds. The molecule has 0 aliphatic carbocycles. The van der Waals surface area contributed by atoms with Gasteiger partial charge in [-0.3, -0.25) is 0 Å². The van der Waals surface area contributed by atoms with Crippen molar-refractivity contribution < 1.29 is 4.74 Å². The van der Waals surface area contributed by atoms with E-state index < -0.39 is 0 Å². The molecule has 0 saturated heterocycles. The summed E-state index contributed by atoms with van der Waals surface area (Å²) in [6.45, 7) is 8.49. The van der Waals surface area contributed by atoms with Crippen LogP contribution in [0.25, 0.3) is 0 Å². The quantitative estimate of drug-likeness (QED) is 0.831. The largest absolute Gasteiger partial charge is 0.424 e. The Balaban J connectivity index is 2.28. The first-order chi connectivity index (χ1) is 9.40. The molecule has 0 aliphatic heterocycles. The summed E-state index contributed by atoms with van der Waals surface area (Å²) in [7, 11) is 0. The first kappa shape index (κ1) is 14.0. The lowest BCUT2D eigenvalue weighted by Gasteiger charge is -2.20. The Labute approximate surface area is 119 Å². The maximum atomic E-state index is 8.81. The molecule has 0 saturated carbocycles. The van der Waals surface area contributed by atoms with Crippen molar-refractivity contribution in [3.05, 3.63) is 47.3 Å². The molecule has 4 nitrogen and oxygen atoms in total. The van der Waals surface area contributed by atoms with Gasteiger partial charge in [0.25, 0.3) is 0 Å². The van der Waals surface area contributed by atoms with Crippen molar-refractivity contribution in [1.29, 1.82) is 5.26 Å². The number of aromatic nitrogens is 2. The van der Waals surface area contributed by atoms with Gasteiger partial charge in [0, 0.05) is 6.20 Å². The number of ether oxygens (including phenoxy) is 1. The third-order valence-electron chi connectivity index (χ3n) is 2.99.